The maximum absolute atomic E-state index is 13.6. The summed E-state index contributed by atoms with van der Waals surface area (Å²) in [4.78, 5) is 20.5. The van der Waals surface area contributed by atoms with Crippen LogP contribution in [0.2, 0.25) is 5.02 Å². The molecule has 160 valence electrons. The van der Waals surface area contributed by atoms with Crippen molar-refractivity contribution in [2.24, 2.45) is 0 Å². The molecule has 4 rings (SSSR count). The maximum Gasteiger partial charge on any atom is 0.267 e. The Hall–Kier alpha value is -2.28. The van der Waals surface area contributed by atoms with Gasteiger partial charge in [-0.3, -0.25) is 9.36 Å². The van der Waals surface area contributed by atoms with Gasteiger partial charge in [-0.25, -0.2) is 4.98 Å². The number of aromatic nitrogens is 2. The molecule has 0 fully saturated rings. The highest BCUT2D eigenvalue weighted by molar-refractivity contribution is 7.99. The van der Waals surface area contributed by atoms with Crippen LogP contribution in [0.1, 0.15) is 22.9 Å². The lowest BCUT2D eigenvalue weighted by molar-refractivity contribution is 0.344. The summed E-state index contributed by atoms with van der Waals surface area (Å²) in [6.07, 6.45) is 0.894. The molecular weight excluding hydrogens is 448 g/mol. The van der Waals surface area contributed by atoms with E-state index in [1.165, 1.54) is 16.6 Å². The molecule has 0 bridgehead atoms. The number of halogens is 1. The Morgan fingerprint density at radius 2 is 1.87 bits per heavy atom. The minimum absolute atomic E-state index is 0.0168. The number of ether oxygens (including phenoxy) is 1. The van der Waals surface area contributed by atoms with Gasteiger partial charge in [-0.2, -0.15) is 0 Å². The van der Waals surface area contributed by atoms with Crippen molar-refractivity contribution in [1.82, 2.24) is 9.55 Å². The zero-order valence-electron chi connectivity index (χ0n) is 17.6. The largest absolute Gasteiger partial charge is 0.491 e. The van der Waals surface area contributed by atoms with Crippen LogP contribution in [0.3, 0.4) is 0 Å². The number of benzene rings is 2. The average molecular weight is 471 g/mol. The second-order valence-electron chi connectivity index (χ2n) is 7.18. The number of para-hydroxylation sites is 1. The Bertz CT molecular complexity index is 1280. The first-order chi connectivity index (χ1) is 15.0. The molecule has 0 N–H and O–H groups in total. The Labute approximate surface area is 194 Å². The third-order valence-electron chi connectivity index (χ3n) is 5.05. The van der Waals surface area contributed by atoms with E-state index in [4.69, 9.17) is 21.3 Å². The van der Waals surface area contributed by atoms with Crippen molar-refractivity contribution in [3.8, 4) is 11.4 Å². The summed E-state index contributed by atoms with van der Waals surface area (Å²) in [5.41, 5.74) is 2.99. The van der Waals surface area contributed by atoms with Gasteiger partial charge in [0.25, 0.3) is 5.56 Å². The van der Waals surface area contributed by atoms with Gasteiger partial charge in [-0.1, -0.05) is 60.1 Å². The summed E-state index contributed by atoms with van der Waals surface area (Å²) in [5, 5.41) is 1.98. The molecular formula is C24H23ClN2O2S2. The number of fused-ring (bicyclic) bond motifs is 1. The molecule has 0 aliphatic carbocycles. The maximum atomic E-state index is 13.6. The number of hydrogen-bond donors (Lipinski definition) is 0. The summed E-state index contributed by atoms with van der Waals surface area (Å²) in [7, 11) is 0. The smallest absolute Gasteiger partial charge is 0.267 e. The zero-order valence-corrected chi connectivity index (χ0v) is 20.0. The number of rotatable bonds is 7. The Balaban J connectivity index is 1.69. The second-order valence-corrected chi connectivity index (χ2v) is 9.73. The minimum Gasteiger partial charge on any atom is -0.491 e. The van der Waals surface area contributed by atoms with E-state index < -0.39 is 0 Å². The Morgan fingerprint density at radius 1 is 1.13 bits per heavy atom. The van der Waals surface area contributed by atoms with E-state index in [2.05, 4.69) is 6.92 Å². The van der Waals surface area contributed by atoms with Crippen LogP contribution >= 0.6 is 34.7 Å². The topological polar surface area (TPSA) is 44.1 Å². The number of aryl methyl sites for hydroxylation is 3. The van der Waals surface area contributed by atoms with Gasteiger partial charge in [-0.05, 0) is 50.1 Å². The van der Waals surface area contributed by atoms with E-state index in [1.54, 1.807) is 22.0 Å². The number of thiophene rings is 1. The first kappa shape index (κ1) is 21.9. The van der Waals surface area contributed by atoms with Crippen molar-refractivity contribution in [3.05, 3.63) is 79.9 Å². The lowest BCUT2D eigenvalue weighted by Gasteiger charge is -2.13. The number of nitrogens with zero attached hydrogens (tertiary/aromatic N) is 2. The molecule has 0 radical (unpaired) electrons. The normalized spacial score (nSPS) is 11.2. The van der Waals surface area contributed by atoms with Crippen molar-refractivity contribution in [1.29, 1.82) is 0 Å². The first-order valence-electron chi connectivity index (χ1n) is 10.1. The summed E-state index contributed by atoms with van der Waals surface area (Å²) >= 11 is 9.29. The third-order valence-corrected chi connectivity index (χ3v) is 7.60. The molecule has 0 atom stereocenters. The van der Waals surface area contributed by atoms with Gasteiger partial charge >= 0.3 is 0 Å². The van der Waals surface area contributed by atoms with Crippen molar-refractivity contribution in [3.63, 3.8) is 0 Å². The highest BCUT2D eigenvalue weighted by atomic mass is 35.5. The van der Waals surface area contributed by atoms with Crippen LogP contribution in [0.15, 0.2) is 58.5 Å². The van der Waals surface area contributed by atoms with Gasteiger partial charge in [-0.15, -0.1) is 11.3 Å². The molecule has 0 unspecified atom stereocenters. The standard InChI is InChI=1S/C24H23ClN2O2S2/c1-4-20-16(3)21-22(31-20)26-24(27(23(21)28)17-11-9-15(2)10-12-17)30-14-13-29-19-8-6-5-7-18(19)25/h5-12H,4,13-14H2,1-3H3. The number of thioether (sulfide) groups is 1. The highest BCUT2D eigenvalue weighted by Gasteiger charge is 2.18. The van der Waals surface area contributed by atoms with Crippen LogP contribution in [0.25, 0.3) is 15.9 Å². The van der Waals surface area contributed by atoms with Gasteiger partial charge in [0.1, 0.15) is 10.6 Å². The molecule has 0 aliphatic rings. The summed E-state index contributed by atoms with van der Waals surface area (Å²) in [5.74, 6) is 1.30. The predicted molar refractivity (Wildman–Crippen MR) is 132 cm³/mol. The molecule has 0 saturated carbocycles. The van der Waals surface area contributed by atoms with Gasteiger partial charge in [0, 0.05) is 10.6 Å². The van der Waals surface area contributed by atoms with Crippen molar-refractivity contribution >= 4 is 44.9 Å². The van der Waals surface area contributed by atoms with Crippen LogP contribution < -0.4 is 10.3 Å². The monoisotopic (exact) mass is 470 g/mol. The average Bonchev–Trinajstić information content (AvgIpc) is 3.09. The summed E-state index contributed by atoms with van der Waals surface area (Å²) in [6.45, 7) is 6.62. The van der Waals surface area contributed by atoms with E-state index in [-0.39, 0.29) is 5.56 Å². The van der Waals surface area contributed by atoms with Crippen LogP contribution in [-0.4, -0.2) is 21.9 Å². The second kappa shape index (κ2) is 9.47. The van der Waals surface area contributed by atoms with Crippen molar-refractivity contribution in [2.45, 2.75) is 32.3 Å². The van der Waals surface area contributed by atoms with Crippen molar-refractivity contribution in [2.75, 3.05) is 12.4 Å². The van der Waals surface area contributed by atoms with E-state index in [1.807, 2.05) is 56.3 Å². The zero-order chi connectivity index (χ0) is 22.0. The summed E-state index contributed by atoms with van der Waals surface area (Å²) < 4.78 is 7.54. The fourth-order valence-electron chi connectivity index (χ4n) is 3.41. The van der Waals surface area contributed by atoms with E-state index in [0.717, 1.165) is 33.5 Å². The third kappa shape index (κ3) is 4.52. The molecule has 31 heavy (non-hydrogen) atoms. The molecule has 0 amide bonds. The predicted octanol–water partition coefficient (Wildman–Crippen LogP) is 6.45. The van der Waals surface area contributed by atoms with Crippen LogP contribution in [-0.2, 0) is 6.42 Å². The lowest BCUT2D eigenvalue weighted by Crippen LogP contribution is -2.22. The van der Waals surface area contributed by atoms with Crippen LogP contribution in [0.5, 0.6) is 5.75 Å². The Kier molecular flexibility index (Phi) is 6.70. The molecule has 4 nitrogen and oxygen atoms in total. The van der Waals surface area contributed by atoms with Crippen LogP contribution in [0.4, 0.5) is 0 Å². The van der Waals surface area contributed by atoms with Crippen molar-refractivity contribution < 1.29 is 4.74 Å². The van der Waals surface area contributed by atoms with E-state index in [0.29, 0.717) is 28.3 Å². The van der Waals surface area contributed by atoms with Crippen LogP contribution in [0, 0.1) is 13.8 Å². The lowest BCUT2D eigenvalue weighted by atomic mass is 10.2. The fourth-order valence-corrected chi connectivity index (χ4v) is 5.59. The van der Waals surface area contributed by atoms with Gasteiger partial charge in [0.15, 0.2) is 5.16 Å². The van der Waals surface area contributed by atoms with Gasteiger partial charge < -0.3 is 4.74 Å². The van der Waals surface area contributed by atoms with Gasteiger partial charge in [0.2, 0.25) is 0 Å². The molecule has 0 spiro atoms. The molecule has 0 aliphatic heterocycles. The summed E-state index contributed by atoms with van der Waals surface area (Å²) in [6, 6.07) is 15.4. The van der Waals surface area contributed by atoms with E-state index in [9.17, 15) is 4.79 Å². The molecule has 4 aromatic rings. The Morgan fingerprint density at radius 3 is 2.58 bits per heavy atom. The molecule has 2 aromatic heterocycles. The highest BCUT2D eigenvalue weighted by Crippen LogP contribution is 2.31. The first-order valence-corrected chi connectivity index (χ1v) is 12.3. The SMILES string of the molecule is CCc1sc2nc(SCCOc3ccccc3Cl)n(-c3ccc(C)cc3)c(=O)c2c1C. The molecule has 2 aromatic carbocycles. The minimum atomic E-state index is -0.0168. The van der Waals surface area contributed by atoms with Gasteiger partial charge in [0.05, 0.1) is 22.7 Å². The van der Waals surface area contributed by atoms with E-state index >= 15 is 0 Å². The fraction of sp³-hybridized carbons (Fsp3) is 0.250. The molecule has 0 saturated heterocycles. The molecule has 2 heterocycles. The molecule has 7 heteroatoms. The quantitative estimate of drug-likeness (QED) is 0.177. The number of hydrogen-bond acceptors (Lipinski definition) is 5.